The van der Waals surface area contributed by atoms with Gasteiger partial charge in [-0.3, -0.25) is 9.69 Å². The molecule has 2 N–H and O–H groups in total. The molecular formula is C20H37Cl2N3O2. The summed E-state index contributed by atoms with van der Waals surface area (Å²) in [6, 6.07) is 0.356. The molecule has 0 radical (unpaired) electrons. The maximum Gasteiger partial charge on any atom is 0.225 e. The lowest BCUT2D eigenvalue weighted by molar-refractivity contribution is -0.140. The molecule has 0 spiro atoms. The third-order valence-corrected chi connectivity index (χ3v) is 7.30. The topological polar surface area (TPSA) is 58.8 Å². The van der Waals surface area contributed by atoms with Crippen LogP contribution in [0.15, 0.2) is 0 Å². The fourth-order valence-electron chi connectivity index (χ4n) is 5.69. The first-order valence-corrected chi connectivity index (χ1v) is 10.5. The zero-order chi connectivity index (χ0) is 17.2. The van der Waals surface area contributed by atoms with Crippen LogP contribution in [-0.4, -0.2) is 67.7 Å². The number of hydrogen-bond donors (Lipinski definition) is 1. The molecular weight excluding hydrogens is 385 g/mol. The number of carbonyl (C=O) groups excluding carboxylic acids is 1. The van der Waals surface area contributed by atoms with Gasteiger partial charge in [-0.25, -0.2) is 0 Å². The fraction of sp³-hybridized carbons (Fsp3) is 0.950. The van der Waals surface area contributed by atoms with Crippen LogP contribution < -0.4 is 5.73 Å². The van der Waals surface area contributed by atoms with Crippen molar-refractivity contribution in [2.45, 2.75) is 51.0 Å². The van der Waals surface area contributed by atoms with Crippen molar-refractivity contribution in [2.75, 3.05) is 45.9 Å². The van der Waals surface area contributed by atoms with E-state index in [0.717, 1.165) is 58.2 Å². The Hall–Kier alpha value is -0.0700. The average Bonchev–Trinajstić information content (AvgIpc) is 2.62. The van der Waals surface area contributed by atoms with E-state index in [4.69, 9.17) is 10.5 Å². The van der Waals surface area contributed by atoms with Crippen molar-refractivity contribution in [2.24, 2.45) is 29.4 Å². The largest absolute Gasteiger partial charge is 0.381 e. The van der Waals surface area contributed by atoms with Gasteiger partial charge in [0.2, 0.25) is 5.91 Å². The summed E-state index contributed by atoms with van der Waals surface area (Å²) in [5.74, 6) is 2.65. The number of nitrogens with zero attached hydrogens (tertiary/aromatic N) is 2. The molecule has 2 unspecified atom stereocenters. The van der Waals surface area contributed by atoms with Gasteiger partial charge in [0.1, 0.15) is 0 Å². The zero-order valence-corrected chi connectivity index (χ0v) is 18.0. The second-order valence-corrected chi connectivity index (χ2v) is 8.88. The first kappa shape index (κ1) is 23.2. The standard InChI is InChI=1S/C20H35N3O2.2ClH/c21-19-16-2-1-3-17(19)13-18(12-16)20(24)23-8-6-22(7-9-23)14-15-4-10-25-11-5-15;;/h15-19H,1-14,21H2;2*1H. The van der Waals surface area contributed by atoms with Crippen molar-refractivity contribution < 1.29 is 9.53 Å². The van der Waals surface area contributed by atoms with Crippen molar-refractivity contribution >= 4 is 30.7 Å². The van der Waals surface area contributed by atoms with Crippen LogP contribution in [-0.2, 0) is 9.53 Å². The van der Waals surface area contributed by atoms with E-state index in [0.29, 0.717) is 23.8 Å². The summed E-state index contributed by atoms with van der Waals surface area (Å²) in [5, 5.41) is 0. The van der Waals surface area contributed by atoms with Gasteiger partial charge in [0.05, 0.1) is 0 Å². The third kappa shape index (κ3) is 5.51. The van der Waals surface area contributed by atoms with Gasteiger partial charge in [-0.05, 0) is 56.3 Å². The van der Waals surface area contributed by atoms with Crippen LogP contribution in [0.25, 0.3) is 0 Å². The fourth-order valence-corrected chi connectivity index (χ4v) is 5.69. The summed E-state index contributed by atoms with van der Waals surface area (Å²) in [4.78, 5) is 17.7. The Kier molecular flexibility index (Phi) is 9.14. The van der Waals surface area contributed by atoms with Crippen LogP contribution in [0.3, 0.4) is 0 Å². The molecule has 2 atom stereocenters. The van der Waals surface area contributed by atoms with E-state index in [1.54, 1.807) is 0 Å². The number of fused-ring (bicyclic) bond motifs is 2. The Labute approximate surface area is 176 Å². The van der Waals surface area contributed by atoms with E-state index in [1.165, 1.54) is 38.6 Å². The molecule has 2 bridgehead atoms. The molecule has 2 aliphatic heterocycles. The summed E-state index contributed by atoms with van der Waals surface area (Å²) >= 11 is 0. The summed E-state index contributed by atoms with van der Waals surface area (Å²) in [7, 11) is 0. The number of ether oxygens (including phenoxy) is 1. The molecule has 0 aromatic heterocycles. The van der Waals surface area contributed by atoms with E-state index in [-0.39, 0.29) is 30.7 Å². The lowest BCUT2D eigenvalue weighted by Crippen LogP contribution is -2.54. The van der Waals surface area contributed by atoms with Crippen LogP contribution >= 0.6 is 24.8 Å². The minimum absolute atomic E-state index is 0. The number of nitrogens with two attached hydrogens (primary N) is 1. The first-order chi connectivity index (χ1) is 12.2. The van der Waals surface area contributed by atoms with Crippen molar-refractivity contribution in [3.63, 3.8) is 0 Å². The summed E-state index contributed by atoms with van der Waals surface area (Å²) < 4.78 is 5.46. The Morgan fingerprint density at radius 1 is 0.926 bits per heavy atom. The normalized spacial score (nSPS) is 35.1. The van der Waals surface area contributed by atoms with Crippen molar-refractivity contribution in [3.8, 4) is 0 Å². The number of amides is 1. The highest BCUT2D eigenvalue weighted by Crippen LogP contribution is 2.42. The van der Waals surface area contributed by atoms with Crippen LogP contribution in [0.4, 0.5) is 0 Å². The first-order valence-electron chi connectivity index (χ1n) is 10.5. The predicted molar refractivity (Wildman–Crippen MR) is 113 cm³/mol. The molecule has 4 rings (SSSR count). The molecule has 1 amide bonds. The molecule has 2 aliphatic carbocycles. The van der Waals surface area contributed by atoms with E-state index < -0.39 is 0 Å². The number of halogens is 2. The lowest BCUT2D eigenvalue weighted by atomic mass is 9.65. The van der Waals surface area contributed by atoms with Gasteiger partial charge in [0.15, 0.2) is 0 Å². The van der Waals surface area contributed by atoms with Crippen LogP contribution in [0.5, 0.6) is 0 Å². The Morgan fingerprint density at radius 3 is 2.11 bits per heavy atom. The van der Waals surface area contributed by atoms with E-state index >= 15 is 0 Å². The highest BCUT2D eigenvalue weighted by atomic mass is 35.5. The SMILES string of the molecule is Cl.Cl.NC1C2CCCC1CC(C(=O)N1CCN(CC3CCOCC3)CC1)C2. The maximum absolute atomic E-state index is 13.0. The lowest BCUT2D eigenvalue weighted by Gasteiger charge is -2.45. The molecule has 4 aliphatic rings. The van der Waals surface area contributed by atoms with Gasteiger partial charge < -0.3 is 15.4 Å². The molecule has 0 aromatic rings. The van der Waals surface area contributed by atoms with Gasteiger partial charge in [-0.2, -0.15) is 0 Å². The highest BCUT2D eigenvalue weighted by Gasteiger charge is 2.41. The van der Waals surface area contributed by atoms with Gasteiger partial charge in [0.25, 0.3) is 0 Å². The average molecular weight is 422 g/mol. The van der Waals surface area contributed by atoms with Crippen LogP contribution in [0.2, 0.25) is 0 Å². The van der Waals surface area contributed by atoms with Gasteiger partial charge in [-0.1, -0.05) is 6.42 Å². The van der Waals surface area contributed by atoms with Crippen LogP contribution in [0, 0.1) is 23.7 Å². The van der Waals surface area contributed by atoms with Crippen molar-refractivity contribution in [1.82, 2.24) is 9.80 Å². The van der Waals surface area contributed by atoms with Crippen molar-refractivity contribution in [1.29, 1.82) is 0 Å². The summed E-state index contributed by atoms with van der Waals surface area (Å²) in [5.41, 5.74) is 6.39. The molecule has 27 heavy (non-hydrogen) atoms. The van der Waals surface area contributed by atoms with Gasteiger partial charge in [0, 0.05) is 57.9 Å². The number of carbonyl (C=O) groups is 1. The molecule has 2 saturated carbocycles. The highest BCUT2D eigenvalue weighted by molar-refractivity contribution is 5.85. The number of hydrogen-bond acceptors (Lipinski definition) is 4. The van der Waals surface area contributed by atoms with Gasteiger partial charge in [-0.15, -0.1) is 24.8 Å². The second-order valence-electron chi connectivity index (χ2n) is 8.88. The molecule has 7 heteroatoms. The van der Waals surface area contributed by atoms with Gasteiger partial charge >= 0.3 is 0 Å². The summed E-state index contributed by atoms with van der Waals surface area (Å²) in [6.45, 7) is 6.96. The minimum atomic E-state index is 0. The Balaban J connectivity index is 0.00000131. The second kappa shape index (κ2) is 10.6. The molecule has 158 valence electrons. The minimum Gasteiger partial charge on any atom is -0.381 e. The molecule has 2 heterocycles. The molecule has 2 saturated heterocycles. The molecule has 5 nitrogen and oxygen atoms in total. The smallest absolute Gasteiger partial charge is 0.225 e. The van der Waals surface area contributed by atoms with E-state index in [9.17, 15) is 4.79 Å². The Bertz CT molecular complexity index is 454. The maximum atomic E-state index is 13.0. The number of rotatable bonds is 3. The Morgan fingerprint density at radius 2 is 1.52 bits per heavy atom. The monoisotopic (exact) mass is 421 g/mol. The molecule has 0 aromatic carbocycles. The number of piperazine rings is 1. The van der Waals surface area contributed by atoms with E-state index in [2.05, 4.69) is 9.80 Å². The van der Waals surface area contributed by atoms with Crippen molar-refractivity contribution in [3.05, 3.63) is 0 Å². The zero-order valence-electron chi connectivity index (χ0n) is 16.4. The predicted octanol–water partition coefficient (Wildman–Crippen LogP) is 2.55. The third-order valence-electron chi connectivity index (χ3n) is 7.30. The van der Waals surface area contributed by atoms with E-state index in [1.807, 2.05) is 0 Å². The summed E-state index contributed by atoms with van der Waals surface area (Å²) in [6.07, 6.45) is 8.27. The quantitative estimate of drug-likeness (QED) is 0.760. The molecule has 4 fully saturated rings. The van der Waals surface area contributed by atoms with Crippen LogP contribution in [0.1, 0.15) is 44.9 Å².